The number of hydrogen-bond acceptors (Lipinski definition) is 9. The summed E-state index contributed by atoms with van der Waals surface area (Å²) in [5.41, 5.74) is 4.63. The fourth-order valence-corrected chi connectivity index (χ4v) is 2.92. The quantitative estimate of drug-likeness (QED) is 0.231. The van der Waals surface area contributed by atoms with Crippen LogP contribution < -0.4 is 15.8 Å². The van der Waals surface area contributed by atoms with Gasteiger partial charge in [-0.3, -0.25) is 4.79 Å². The molecule has 0 bridgehead atoms. The molecule has 32 heavy (non-hydrogen) atoms. The number of nitrogens with one attached hydrogen (secondary N) is 1. The average molecular weight is 474 g/mol. The number of nitrogens with zero attached hydrogens (tertiary/aromatic N) is 2. The van der Waals surface area contributed by atoms with Crippen LogP contribution in [-0.4, -0.2) is 54.5 Å². The molecule has 174 valence electrons. The summed E-state index contributed by atoms with van der Waals surface area (Å²) < 4.78 is 54.2. The van der Waals surface area contributed by atoms with Gasteiger partial charge in [0.15, 0.2) is 5.16 Å². The lowest BCUT2D eigenvalue weighted by atomic mass is 10.1. The second kappa shape index (κ2) is 11.5. The molecular formula is C19H21F3N4O5S. The first-order valence-corrected chi connectivity index (χ1v) is 10.2. The minimum atomic E-state index is -4.59. The van der Waals surface area contributed by atoms with E-state index in [1.165, 1.54) is 13.3 Å². The molecule has 13 heteroatoms. The van der Waals surface area contributed by atoms with Gasteiger partial charge in [0.05, 0.1) is 30.2 Å². The Kier molecular flexibility index (Phi) is 9.08. The number of benzene rings is 1. The Balaban J connectivity index is 2.08. The first kappa shape index (κ1) is 25.2. The van der Waals surface area contributed by atoms with Crippen molar-refractivity contribution in [3.05, 3.63) is 35.5 Å². The van der Waals surface area contributed by atoms with Crippen molar-refractivity contribution in [3.8, 4) is 5.75 Å². The summed E-state index contributed by atoms with van der Waals surface area (Å²) in [7, 11) is 1.45. The zero-order valence-electron chi connectivity index (χ0n) is 17.2. The number of carbonyl (C=O) groups excluding carboxylic acids is 2. The van der Waals surface area contributed by atoms with E-state index in [9.17, 15) is 22.8 Å². The second-order valence-corrected chi connectivity index (χ2v) is 7.00. The van der Waals surface area contributed by atoms with E-state index in [2.05, 4.69) is 15.3 Å². The first-order valence-electron chi connectivity index (χ1n) is 9.21. The molecule has 0 aliphatic heterocycles. The summed E-state index contributed by atoms with van der Waals surface area (Å²) in [6, 6.07) is 2.76. The molecule has 1 amide bonds. The third-order valence-corrected chi connectivity index (χ3v) is 4.61. The van der Waals surface area contributed by atoms with Crippen LogP contribution in [0.3, 0.4) is 0 Å². The van der Waals surface area contributed by atoms with E-state index in [-0.39, 0.29) is 53.5 Å². The van der Waals surface area contributed by atoms with Crippen LogP contribution in [0.1, 0.15) is 22.8 Å². The number of alkyl halides is 3. The highest BCUT2D eigenvalue weighted by Gasteiger charge is 2.31. The molecule has 0 unspecified atom stereocenters. The first-order chi connectivity index (χ1) is 15.2. The van der Waals surface area contributed by atoms with Gasteiger partial charge in [0, 0.05) is 13.3 Å². The van der Waals surface area contributed by atoms with Crippen molar-refractivity contribution in [1.29, 1.82) is 0 Å². The minimum absolute atomic E-state index is 0.0116. The molecule has 1 aromatic heterocycles. The van der Waals surface area contributed by atoms with Gasteiger partial charge in [-0.25, -0.2) is 14.8 Å². The van der Waals surface area contributed by atoms with Crippen LogP contribution >= 0.6 is 11.8 Å². The lowest BCUT2D eigenvalue weighted by Gasteiger charge is -2.15. The third kappa shape index (κ3) is 7.27. The van der Waals surface area contributed by atoms with Crippen molar-refractivity contribution in [2.45, 2.75) is 18.3 Å². The van der Waals surface area contributed by atoms with Gasteiger partial charge in [-0.2, -0.15) is 13.2 Å². The van der Waals surface area contributed by atoms with Gasteiger partial charge < -0.3 is 25.3 Å². The Morgan fingerprint density at radius 3 is 2.62 bits per heavy atom. The maximum atomic E-state index is 13.0. The highest BCUT2D eigenvalue weighted by atomic mass is 32.2. The fourth-order valence-electron chi connectivity index (χ4n) is 2.29. The molecule has 3 N–H and O–H groups in total. The normalized spacial score (nSPS) is 11.2. The largest absolute Gasteiger partial charge is 0.489 e. The molecule has 0 atom stereocenters. The van der Waals surface area contributed by atoms with Crippen LogP contribution in [0.5, 0.6) is 5.75 Å². The van der Waals surface area contributed by atoms with Crippen molar-refractivity contribution >= 4 is 35.1 Å². The zero-order valence-corrected chi connectivity index (χ0v) is 18.0. The lowest BCUT2D eigenvalue weighted by Crippen LogP contribution is -2.17. The van der Waals surface area contributed by atoms with Gasteiger partial charge in [-0.1, -0.05) is 11.8 Å². The van der Waals surface area contributed by atoms with Gasteiger partial charge >= 0.3 is 12.1 Å². The topological polar surface area (TPSA) is 126 Å². The number of carbonyl (C=O) groups is 2. The van der Waals surface area contributed by atoms with Gasteiger partial charge in [0.1, 0.15) is 23.7 Å². The molecular weight excluding hydrogens is 453 g/mol. The van der Waals surface area contributed by atoms with E-state index >= 15 is 0 Å². The number of thioether (sulfide) groups is 1. The molecule has 9 nitrogen and oxygen atoms in total. The SMILES string of the molecule is CCOC(=O)c1cnc(SCC(=O)Nc2cc(C(F)(F)F)ccc2OCCOC)nc1N. The van der Waals surface area contributed by atoms with Crippen LogP contribution in [0, 0.1) is 0 Å². The summed E-state index contributed by atoms with van der Waals surface area (Å²) in [6.45, 7) is 2.09. The number of esters is 1. The molecule has 0 aliphatic rings. The maximum Gasteiger partial charge on any atom is 0.416 e. The van der Waals surface area contributed by atoms with Crippen LogP contribution in [-0.2, 0) is 20.4 Å². The maximum absolute atomic E-state index is 13.0. The van der Waals surface area contributed by atoms with E-state index < -0.39 is 23.6 Å². The predicted octanol–water partition coefficient (Wildman–Crippen LogP) is 3.01. The number of rotatable bonds is 10. The highest BCUT2D eigenvalue weighted by molar-refractivity contribution is 7.99. The Labute approximate surface area is 185 Å². The van der Waals surface area contributed by atoms with Crippen LogP contribution in [0.4, 0.5) is 24.7 Å². The van der Waals surface area contributed by atoms with E-state index in [0.717, 1.165) is 30.0 Å². The van der Waals surface area contributed by atoms with Crippen LogP contribution in [0.25, 0.3) is 0 Å². The number of aromatic nitrogens is 2. The molecule has 0 saturated heterocycles. The Hall–Kier alpha value is -3.06. The van der Waals surface area contributed by atoms with Crippen molar-refractivity contribution in [3.63, 3.8) is 0 Å². The van der Waals surface area contributed by atoms with E-state index in [4.69, 9.17) is 19.9 Å². The van der Waals surface area contributed by atoms with Crippen molar-refractivity contribution in [2.24, 2.45) is 0 Å². The van der Waals surface area contributed by atoms with Crippen LogP contribution in [0.2, 0.25) is 0 Å². The van der Waals surface area contributed by atoms with Gasteiger partial charge in [0.2, 0.25) is 5.91 Å². The number of nitrogen functional groups attached to an aromatic ring is 1. The minimum Gasteiger partial charge on any atom is -0.489 e. The lowest BCUT2D eigenvalue weighted by molar-refractivity contribution is -0.137. The summed E-state index contributed by atoms with van der Waals surface area (Å²) in [5.74, 6) is -1.58. The number of amides is 1. The highest BCUT2D eigenvalue weighted by Crippen LogP contribution is 2.35. The standard InChI is InChI=1S/C19H21F3N4O5S/c1-3-30-17(28)12-9-24-18(26-16(12)23)32-10-15(27)25-13-8-11(19(20,21)22)4-5-14(13)31-7-6-29-2/h4-5,8-9H,3,6-7,10H2,1-2H3,(H,25,27)(H2,23,24,26). The van der Waals surface area contributed by atoms with Crippen molar-refractivity contribution < 1.29 is 37.0 Å². The van der Waals surface area contributed by atoms with Crippen molar-refractivity contribution in [2.75, 3.05) is 43.7 Å². The second-order valence-electron chi connectivity index (χ2n) is 6.06. The van der Waals surface area contributed by atoms with Gasteiger partial charge in [0.25, 0.3) is 0 Å². The van der Waals surface area contributed by atoms with Gasteiger partial charge in [-0.05, 0) is 25.1 Å². The zero-order chi connectivity index (χ0) is 23.7. The fraction of sp³-hybridized carbons (Fsp3) is 0.368. The number of halogens is 3. The monoisotopic (exact) mass is 474 g/mol. The summed E-state index contributed by atoms with van der Waals surface area (Å²) in [5, 5.41) is 2.50. The van der Waals surface area contributed by atoms with Crippen molar-refractivity contribution in [1.82, 2.24) is 9.97 Å². The van der Waals surface area contributed by atoms with E-state index in [1.807, 2.05) is 0 Å². The number of nitrogens with two attached hydrogens (primary N) is 1. The molecule has 0 spiro atoms. The van der Waals surface area contributed by atoms with Gasteiger partial charge in [-0.15, -0.1) is 0 Å². The molecule has 0 fully saturated rings. The van der Waals surface area contributed by atoms with E-state index in [1.54, 1.807) is 6.92 Å². The Morgan fingerprint density at radius 1 is 1.25 bits per heavy atom. The molecule has 0 radical (unpaired) electrons. The number of methoxy groups -OCH3 is 1. The summed E-state index contributed by atoms with van der Waals surface area (Å²) in [6.07, 6.45) is -3.42. The average Bonchev–Trinajstić information content (AvgIpc) is 2.73. The van der Waals surface area contributed by atoms with E-state index in [0.29, 0.717) is 0 Å². The number of anilines is 2. The molecule has 0 saturated carbocycles. The third-order valence-electron chi connectivity index (χ3n) is 3.75. The van der Waals surface area contributed by atoms with Crippen LogP contribution in [0.15, 0.2) is 29.6 Å². The molecule has 0 aliphatic carbocycles. The molecule has 2 aromatic rings. The number of hydrogen-bond donors (Lipinski definition) is 2. The summed E-state index contributed by atoms with van der Waals surface area (Å²) >= 11 is 0.883. The smallest absolute Gasteiger partial charge is 0.416 e. The Morgan fingerprint density at radius 2 is 2.00 bits per heavy atom. The predicted molar refractivity (Wildman–Crippen MR) is 111 cm³/mol. The summed E-state index contributed by atoms with van der Waals surface area (Å²) in [4.78, 5) is 31.9. The number of ether oxygens (including phenoxy) is 3. The molecule has 2 rings (SSSR count). The molecule has 1 aromatic carbocycles. The Bertz CT molecular complexity index is 959. The molecule has 1 heterocycles.